The molecule has 6 heteroatoms. The number of aromatic nitrogens is 2. The summed E-state index contributed by atoms with van der Waals surface area (Å²) in [6.07, 6.45) is 1.69. The van der Waals surface area contributed by atoms with Gasteiger partial charge in [-0.1, -0.05) is 30.3 Å². The van der Waals surface area contributed by atoms with Gasteiger partial charge in [-0.15, -0.1) is 0 Å². The third-order valence-corrected chi connectivity index (χ3v) is 4.34. The molecule has 1 amide bonds. The summed E-state index contributed by atoms with van der Waals surface area (Å²) in [6.45, 7) is 0.645. The topological polar surface area (TPSA) is 69.3 Å². The molecule has 0 unspecified atom stereocenters. The number of amides is 1. The van der Waals surface area contributed by atoms with E-state index >= 15 is 0 Å². The minimum absolute atomic E-state index is 0.257. The summed E-state index contributed by atoms with van der Waals surface area (Å²) < 4.78 is 13.1. The van der Waals surface area contributed by atoms with Gasteiger partial charge in [0.1, 0.15) is 18.1 Å². The summed E-state index contributed by atoms with van der Waals surface area (Å²) in [7, 11) is 1.83. The molecular weight excluding hydrogens is 342 g/mol. The molecule has 2 aromatic heterocycles. The van der Waals surface area contributed by atoms with Crippen molar-refractivity contribution < 1.29 is 13.9 Å². The average Bonchev–Trinajstić information content (AvgIpc) is 3.33. The van der Waals surface area contributed by atoms with Crippen LogP contribution in [0.4, 0.5) is 0 Å². The smallest absolute Gasteiger partial charge is 0.287 e. The molecule has 2 aromatic carbocycles. The Hall–Kier alpha value is -3.54. The first kappa shape index (κ1) is 16.9. The zero-order chi connectivity index (χ0) is 18.6. The van der Waals surface area contributed by atoms with Crippen LogP contribution in [0, 0.1) is 0 Å². The summed E-state index contributed by atoms with van der Waals surface area (Å²) in [4.78, 5) is 12.2. The molecule has 0 fully saturated rings. The largest absolute Gasteiger partial charge is 0.486 e. The molecule has 6 nitrogen and oxygen atoms in total. The van der Waals surface area contributed by atoms with Crippen LogP contribution in [0.25, 0.3) is 10.8 Å². The number of carbonyl (C=O) groups excluding carboxylic acids is 1. The number of fused-ring (bicyclic) bond motifs is 1. The van der Waals surface area contributed by atoms with E-state index in [0.29, 0.717) is 12.3 Å². The summed E-state index contributed by atoms with van der Waals surface area (Å²) >= 11 is 0. The van der Waals surface area contributed by atoms with Crippen LogP contribution in [-0.2, 0) is 20.2 Å². The Kier molecular flexibility index (Phi) is 4.61. The van der Waals surface area contributed by atoms with Gasteiger partial charge in [0.15, 0.2) is 5.76 Å². The van der Waals surface area contributed by atoms with Gasteiger partial charge in [0, 0.05) is 13.2 Å². The number of hydrogen-bond donors (Lipinski definition) is 1. The minimum Gasteiger partial charge on any atom is -0.486 e. The second-order valence-corrected chi connectivity index (χ2v) is 6.19. The second-order valence-electron chi connectivity index (χ2n) is 6.19. The number of nitrogens with one attached hydrogen (secondary N) is 1. The fourth-order valence-electron chi connectivity index (χ4n) is 2.82. The van der Waals surface area contributed by atoms with Crippen LogP contribution < -0.4 is 10.1 Å². The van der Waals surface area contributed by atoms with Gasteiger partial charge in [-0.05, 0) is 41.1 Å². The molecular formula is C21H19N3O3. The van der Waals surface area contributed by atoms with Crippen LogP contribution in [0.3, 0.4) is 0 Å². The number of aryl methyl sites for hydroxylation is 1. The number of rotatable bonds is 6. The monoisotopic (exact) mass is 361 g/mol. The van der Waals surface area contributed by atoms with Gasteiger partial charge in [0.2, 0.25) is 0 Å². The molecule has 1 N–H and O–H groups in total. The van der Waals surface area contributed by atoms with Gasteiger partial charge in [-0.3, -0.25) is 9.48 Å². The zero-order valence-electron chi connectivity index (χ0n) is 14.9. The average molecular weight is 361 g/mol. The molecule has 0 saturated carbocycles. The summed E-state index contributed by atoms with van der Waals surface area (Å²) in [5.41, 5.74) is 0.912. The first-order chi connectivity index (χ1) is 13.2. The fraction of sp³-hybridized carbons (Fsp3) is 0.143. The van der Waals surface area contributed by atoms with E-state index in [2.05, 4.69) is 16.5 Å². The first-order valence-corrected chi connectivity index (χ1v) is 8.64. The van der Waals surface area contributed by atoms with Crippen molar-refractivity contribution in [1.29, 1.82) is 0 Å². The third kappa shape index (κ3) is 3.84. The Labute approximate surface area is 156 Å². The molecule has 2 heterocycles. The normalized spacial score (nSPS) is 10.9. The SMILES string of the molecule is Cn1nccc1CNC(=O)c1ccc(COc2ccc3ccccc3c2)o1. The molecule has 0 aliphatic rings. The number of benzene rings is 2. The van der Waals surface area contributed by atoms with Crippen molar-refractivity contribution in [3.8, 4) is 5.75 Å². The summed E-state index contributed by atoms with van der Waals surface area (Å²) in [5, 5.41) is 9.16. The van der Waals surface area contributed by atoms with Crippen molar-refractivity contribution in [3.05, 3.63) is 84.1 Å². The van der Waals surface area contributed by atoms with Gasteiger partial charge >= 0.3 is 0 Å². The van der Waals surface area contributed by atoms with Crippen molar-refractivity contribution in [2.75, 3.05) is 0 Å². The van der Waals surface area contributed by atoms with Crippen LogP contribution in [-0.4, -0.2) is 15.7 Å². The quantitative estimate of drug-likeness (QED) is 0.569. The van der Waals surface area contributed by atoms with E-state index in [1.165, 1.54) is 0 Å². The Morgan fingerprint density at radius 2 is 1.96 bits per heavy atom. The van der Waals surface area contributed by atoms with E-state index < -0.39 is 0 Å². The summed E-state index contributed by atoms with van der Waals surface area (Å²) in [5.74, 6) is 1.34. The maximum absolute atomic E-state index is 12.2. The van der Waals surface area contributed by atoms with Gasteiger partial charge in [-0.2, -0.15) is 5.10 Å². The van der Waals surface area contributed by atoms with Crippen LogP contribution in [0.5, 0.6) is 5.75 Å². The predicted molar refractivity (Wildman–Crippen MR) is 101 cm³/mol. The van der Waals surface area contributed by atoms with Crippen molar-refractivity contribution in [2.24, 2.45) is 7.05 Å². The highest BCUT2D eigenvalue weighted by Crippen LogP contribution is 2.21. The molecule has 4 rings (SSSR count). The molecule has 4 aromatic rings. The van der Waals surface area contributed by atoms with Crippen molar-refractivity contribution in [3.63, 3.8) is 0 Å². The van der Waals surface area contributed by atoms with Crippen LogP contribution >= 0.6 is 0 Å². The van der Waals surface area contributed by atoms with E-state index in [-0.39, 0.29) is 18.3 Å². The van der Waals surface area contributed by atoms with E-state index in [1.807, 2.05) is 49.5 Å². The van der Waals surface area contributed by atoms with E-state index in [4.69, 9.17) is 9.15 Å². The van der Waals surface area contributed by atoms with E-state index in [0.717, 1.165) is 22.2 Å². The van der Waals surface area contributed by atoms with Crippen molar-refractivity contribution in [2.45, 2.75) is 13.2 Å². The lowest BCUT2D eigenvalue weighted by Crippen LogP contribution is -2.23. The van der Waals surface area contributed by atoms with Crippen LogP contribution in [0.2, 0.25) is 0 Å². The number of nitrogens with zero attached hydrogens (tertiary/aromatic N) is 2. The van der Waals surface area contributed by atoms with Crippen molar-refractivity contribution in [1.82, 2.24) is 15.1 Å². The van der Waals surface area contributed by atoms with Crippen LogP contribution in [0.15, 0.2) is 71.3 Å². The van der Waals surface area contributed by atoms with Gasteiger partial charge in [0.05, 0.1) is 12.2 Å². The number of ether oxygens (including phenoxy) is 1. The van der Waals surface area contributed by atoms with Crippen LogP contribution in [0.1, 0.15) is 22.0 Å². The third-order valence-electron chi connectivity index (χ3n) is 4.34. The molecule has 0 aliphatic heterocycles. The number of carbonyl (C=O) groups is 1. The minimum atomic E-state index is -0.270. The Morgan fingerprint density at radius 3 is 2.78 bits per heavy atom. The molecule has 136 valence electrons. The number of hydrogen-bond acceptors (Lipinski definition) is 4. The molecule has 0 atom stereocenters. The Balaban J connectivity index is 1.35. The lowest BCUT2D eigenvalue weighted by Gasteiger charge is -2.06. The number of furan rings is 1. The highest BCUT2D eigenvalue weighted by Gasteiger charge is 2.12. The van der Waals surface area contributed by atoms with E-state index in [1.54, 1.807) is 23.0 Å². The van der Waals surface area contributed by atoms with Crippen molar-refractivity contribution >= 4 is 16.7 Å². The summed E-state index contributed by atoms with van der Waals surface area (Å²) in [6, 6.07) is 19.3. The maximum Gasteiger partial charge on any atom is 0.287 e. The van der Waals surface area contributed by atoms with E-state index in [9.17, 15) is 4.79 Å². The highest BCUT2D eigenvalue weighted by molar-refractivity contribution is 5.91. The van der Waals surface area contributed by atoms with Gasteiger partial charge < -0.3 is 14.5 Å². The Morgan fingerprint density at radius 1 is 1.11 bits per heavy atom. The zero-order valence-corrected chi connectivity index (χ0v) is 14.9. The molecule has 0 radical (unpaired) electrons. The predicted octanol–water partition coefficient (Wildman–Crippen LogP) is 3.68. The molecule has 0 aliphatic carbocycles. The lowest BCUT2D eigenvalue weighted by molar-refractivity contribution is 0.0918. The second kappa shape index (κ2) is 7.37. The molecule has 27 heavy (non-hydrogen) atoms. The first-order valence-electron chi connectivity index (χ1n) is 8.64. The highest BCUT2D eigenvalue weighted by atomic mass is 16.5. The van der Waals surface area contributed by atoms with Gasteiger partial charge in [0.25, 0.3) is 5.91 Å². The lowest BCUT2D eigenvalue weighted by atomic mass is 10.1. The maximum atomic E-state index is 12.2. The molecule has 0 bridgehead atoms. The van der Waals surface area contributed by atoms with Gasteiger partial charge in [-0.25, -0.2) is 0 Å². The fourth-order valence-corrected chi connectivity index (χ4v) is 2.82. The standard InChI is InChI=1S/C21H19N3O3/c1-24-17(10-11-23-24)13-22-21(25)20-9-8-19(27-20)14-26-18-7-6-15-4-2-3-5-16(15)12-18/h2-12H,13-14H2,1H3,(H,22,25). The Bertz CT molecular complexity index is 1080. The molecule has 0 spiro atoms. The molecule has 0 saturated heterocycles.